The first-order valence-electron chi connectivity index (χ1n) is 9.72. The maximum atomic E-state index is 12.4. The van der Waals surface area contributed by atoms with Crippen LogP contribution in [0.15, 0.2) is 42.7 Å². The molecule has 1 heterocycles. The van der Waals surface area contributed by atoms with Crippen LogP contribution in [0.25, 0.3) is 0 Å². The van der Waals surface area contributed by atoms with E-state index < -0.39 is 23.7 Å². The standard InChI is InChI=1S/C21H25N5O4/c1-2-13(21(29)30)9-12-7-8-26(11-12)25-20(28)17-10-16(17)19(27)24-15-5-3-14(4-6-15)18(22)23/h3-8,11,13,16-17H,2,9-10H2,1H3,(H3,22,23)(H,24,27)(H,25,28)(H,29,30)/p-1. The van der Waals surface area contributed by atoms with Gasteiger partial charge in [-0.25, -0.2) is 0 Å². The minimum atomic E-state index is -1.09. The van der Waals surface area contributed by atoms with Crippen LogP contribution in [0.1, 0.15) is 30.9 Å². The molecule has 1 fully saturated rings. The summed E-state index contributed by atoms with van der Waals surface area (Å²) in [6.07, 6.45) is 4.56. The van der Waals surface area contributed by atoms with Gasteiger partial charge in [0.1, 0.15) is 5.84 Å². The third-order valence-corrected chi connectivity index (χ3v) is 5.23. The number of carboxylic acid groups (broad SMARTS) is 1. The number of nitrogens with zero attached hydrogens (tertiary/aromatic N) is 1. The van der Waals surface area contributed by atoms with Gasteiger partial charge in [0.25, 0.3) is 0 Å². The van der Waals surface area contributed by atoms with Crippen molar-refractivity contribution in [1.29, 1.82) is 5.41 Å². The number of nitrogens with one attached hydrogen (secondary N) is 3. The maximum Gasteiger partial charge on any atom is 0.242 e. The lowest BCUT2D eigenvalue weighted by Crippen LogP contribution is -2.32. The minimum Gasteiger partial charge on any atom is -0.550 e. The van der Waals surface area contributed by atoms with Gasteiger partial charge in [0.05, 0.1) is 11.8 Å². The van der Waals surface area contributed by atoms with Gasteiger partial charge in [-0.3, -0.25) is 25.1 Å². The molecule has 3 unspecified atom stereocenters. The molecule has 3 rings (SSSR count). The minimum absolute atomic E-state index is 0.0511. The number of amidine groups is 1. The van der Waals surface area contributed by atoms with Gasteiger partial charge in [0.2, 0.25) is 11.8 Å². The number of carbonyl (C=O) groups excluding carboxylic acids is 3. The quantitative estimate of drug-likeness (QED) is 0.349. The number of carbonyl (C=O) groups is 3. The van der Waals surface area contributed by atoms with Crippen LogP contribution in [0, 0.1) is 23.2 Å². The van der Waals surface area contributed by atoms with E-state index in [-0.39, 0.29) is 17.6 Å². The third-order valence-electron chi connectivity index (χ3n) is 5.23. The Bertz CT molecular complexity index is 966. The summed E-state index contributed by atoms with van der Waals surface area (Å²) in [7, 11) is 0. The molecule has 9 heteroatoms. The molecular formula is C21H24N5O4-. The predicted molar refractivity (Wildman–Crippen MR) is 109 cm³/mol. The van der Waals surface area contributed by atoms with Gasteiger partial charge in [0, 0.05) is 35.5 Å². The van der Waals surface area contributed by atoms with Crippen molar-refractivity contribution in [1.82, 2.24) is 4.68 Å². The Morgan fingerprint density at radius 1 is 1.20 bits per heavy atom. The monoisotopic (exact) mass is 410 g/mol. The van der Waals surface area contributed by atoms with Gasteiger partial charge in [-0.1, -0.05) is 6.92 Å². The lowest BCUT2D eigenvalue weighted by molar-refractivity contribution is -0.311. The van der Waals surface area contributed by atoms with Crippen molar-refractivity contribution >= 4 is 29.3 Å². The fraction of sp³-hybridized carbons (Fsp3) is 0.333. The third kappa shape index (κ3) is 5.05. The first-order valence-corrected chi connectivity index (χ1v) is 9.72. The second-order valence-electron chi connectivity index (χ2n) is 7.46. The number of hydrogen-bond donors (Lipinski definition) is 4. The number of benzene rings is 1. The lowest BCUT2D eigenvalue weighted by atomic mass is 9.99. The van der Waals surface area contributed by atoms with E-state index in [4.69, 9.17) is 11.1 Å². The summed E-state index contributed by atoms with van der Waals surface area (Å²) >= 11 is 0. The number of carboxylic acids is 1. The highest BCUT2D eigenvalue weighted by atomic mass is 16.4. The van der Waals surface area contributed by atoms with Gasteiger partial charge >= 0.3 is 0 Å². The molecule has 2 aromatic rings. The van der Waals surface area contributed by atoms with Crippen LogP contribution < -0.4 is 21.6 Å². The fourth-order valence-corrected chi connectivity index (χ4v) is 3.26. The molecule has 0 radical (unpaired) electrons. The molecule has 0 saturated heterocycles. The summed E-state index contributed by atoms with van der Waals surface area (Å²) in [6.45, 7) is 1.79. The first kappa shape index (κ1) is 21.1. The van der Waals surface area contributed by atoms with Crippen LogP contribution >= 0.6 is 0 Å². The van der Waals surface area contributed by atoms with Crippen LogP contribution in [-0.4, -0.2) is 28.3 Å². The number of amides is 2. The van der Waals surface area contributed by atoms with E-state index >= 15 is 0 Å². The molecule has 1 aliphatic carbocycles. The SMILES string of the molecule is CCC(Cc1ccn(NC(=O)C2CC2C(=O)Nc2ccc(C(=N)N)cc2)c1)C(=O)[O-]. The summed E-state index contributed by atoms with van der Waals surface area (Å²) in [5, 5.41) is 21.2. The molecule has 1 aromatic carbocycles. The van der Waals surface area contributed by atoms with E-state index in [9.17, 15) is 19.5 Å². The average Bonchev–Trinajstić information content (AvgIpc) is 3.40. The van der Waals surface area contributed by atoms with Crippen LogP contribution in [0.5, 0.6) is 0 Å². The Labute approximate surface area is 173 Å². The average molecular weight is 410 g/mol. The van der Waals surface area contributed by atoms with E-state index in [0.29, 0.717) is 30.5 Å². The summed E-state index contributed by atoms with van der Waals surface area (Å²) in [6, 6.07) is 8.34. The number of aliphatic carboxylic acids is 1. The number of nitrogens with two attached hydrogens (primary N) is 1. The molecular weight excluding hydrogens is 386 g/mol. The van der Waals surface area contributed by atoms with E-state index in [1.807, 2.05) is 0 Å². The Hall–Kier alpha value is -3.62. The normalized spacial score (nSPS) is 18.3. The smallest absolute Gasteiger partial charge is 0.242 e. The van der Waals surface area contributed by atoms with Crippen LogP contribution in [0.2, 0.25) is 0 Å². The van der Waals surface area contributed by atoms with Crippen molar-refractivity contribution in [3.8, 4) is 0 Å². The molecule has 30 heavy (non-hydrogen) atoms. The Morgan fingerprint density at radius 3 is 2.47 bits per heavy atom. The molecule has 1 aliphatic rings. The molecule has 5 N–H and O–H groups in total. The van der Waals surface area contributed by atoms with E-state index in [1.54, 1.807) is 49.6 Å². The van der Waals surface area contributed by atoms with Crippen molar-refractivity contribution in [2.24, 2.45) is 23.5 Å². The topological polar surface area (TPSA) is 153 Å². The molecule has 1 aromatic heterocycles. The lowest BCUT2D eigenvalue weighted by Gasteiger charge is -2.14. The Morgan fingerprint density at radius 2 is 1.87 bits per heavy atom. The number of nitrogen functional groups attached to an aromatic ring is 1. The van der Waals surface area contributed by atoms with Crippen molar-refractivity contribution < 1.29 is 19.5 Å². The molecule has 2 amide bonds. The molecule has 158 valence electrons. The Balaban J connectivity index is 1.50. The van der Waals surface area contributed by atoms with Crippen LogP contribution in [-0.2, 0) is 20.8 Å². The zero-order valence-electron chi connectivity index (χ0n) is 16.6. The highest BCUT2D eigenvalue weighted by Crippen LogP contribution is 2.39. The molecule has 9 nitrogen and oxygen atoms in total. The summed E-state index contributed by atoms with van der Waals surface area (Å²) in [4.78, 5) is 35.8. The number of hydrogen-bond acceptors (Lipinski definition) is 5. The second kappa shape index (κ2) is 8.81. The van der Waals surface area contributed by atoms with E-state index in [1.165, 1.54) is 4.68 Å². The summed E-state index contributed by atoms with van der Waals surface area (Å²) in [5.41, 5.74) is 10.0. The van der Waals surface area contributed by atoms with Gasteiger partial charge < -0.3 is 21.0 Å². The second-order valence-corrected chi connectivity index (χ2v) is 7.46. The van der Waals surface area contributed by atoms with Gasteiger partial charge in [-0.15, -0.1) is 0 Å². The van der Waals surface area contributed by atoms with Crippen molar-refractivity contribution in [3.05, 3.63) is 53.9 Å². The van der Waals surface area contributed by atoms with Crippen molar-refractivity contribution in [3.63, 3.8) is 0 Å². The van der Waals surface area contributed by atoms with Crippen molar-refractivity contribution in [2.75, 3.05) is 10.7 Å². The molecule has 1 saturated carbocycles. The summed E-state index contributed by atoms with van der Waals surface area (Å²) < 4.78 is 1.48. The van der Waals surface area contributed by atoms with Gasteiger partial charge in [-0.05, 0) is 55.2 Å². The summed E-state index contributed by atoms with van der Waals surface area (Å²) in [5.74, 6) is -3.04. The maximum absolute atomic E-state index is 12.4. The zero-order valence-corrected chi connectivity index (χ0v) is 16.6. The highest BCUT2D eigenvalue weighted by Gasteiger charge is 2.48. The molecule has 0 spiro atoms. The van der Waals surface area contributed by atoms with Crippen molar-refractivity contribution in [2.45, 2.75) is 26.2 Å². The number of rotatable bonds is 9. The van der Waals surface area contributed by atoms with Crippen LogP contribution in [0.3, 0.4) is 0 Å². The number of anilines is 1. The van der Waals surface area contributed by atoms with Gasteiger partial charge in [-0.2, -0.15) is 0 Å². The number of aromatic nitrogens is 1. The molecule has 0 aliphatic heterocycles. The Kier molecular flexibility index (Phi) is 6.20. The molecule has 3 atom stereocenters. The van der Waals surface area contributed by atoms with E-state index in [2.05, 4.69) is 10.7 Å². The predicted octanol–water partition coefficient (Wildman–Crippen LogP) is 0.436. The van der Waals surface area contributed by atoms with Crippen LogP contribution in [0.4, 0.5) is 5.69 Å². The largest absolute Gasteiger partial charge is 0.550 e. The van der Waals surface area contributed by atoms with Gasteiger partial charge in [0.15, 0.2) is 0 Å². The highest BCUT2D eigenvalue weighted by molar-refractivity contribution is 6.01. The van der Waals surface area contributed by atoms with E-state index in [0.717, 1.165) is 5.56 Å². The first-order chi connectivity index (χ1) is 14.3. The zero-order chi connectivity index (χ0) is 21.8. The fourth-order valence-electron chi connectivity index (χ4n) is 3.26. The molecule has 0 bridgehead atoms.